The van der Waals surface area contributed by atoms with E-state index in [2.05, 4.69) is 14.8 Å². The molecule has 1 N–H and O–H groups in total. The van der Waals surface area contributed by atoms with Gasteiger partial charge in [-0.15, -0.1) is 0 Å². The van der Waals surface area contributed by atoms with E-state index in [9.17, 15) is 18.4 Å². The lowest BCUT2D eigenvalue weighted by atomic mass is 10.1. The lowest BCUT2D eigenvalue weighted by molar-refractivity contribution is -0.137. The van der Waals surface area contributed by atoms with Crippen molar-refractivity contribution in [2.45, 2.75) is 6.61 Å². The van der Waals surface area contributed by atoms with E-state index < -0.39 is 23.7 Å². The number of carbonyl (C=O) groups is 2. The van der Waals surface area contributed by atoms with E-state index in [1.165, 1.54) is 6.08 Å². The molecule has 0 saturated carbocycles. The van der Waals surface area contributed by atoms with Gasteiger partial charge in [0, 0.05) is 11.3 Å². The van der Waals surface area contributed by atoms with Gasteiger partial charge in [0.15, 0.2) is 0 Å². The van der Waals surface area contributed by atoms with E-state index in [0.717, 1.165) is 23.8 Å². The molecule has 0 fully saturated rings. The standard InChI is InChI=1S/C19H15F2N3O4/c20-16-9-14(24-19(26)28-12-13-5-2-1-3-6-13)10-17(21)15(16)7-4-8-27-18(25)11-23-22/h1-7,9-11H,8,12H2,(H,24,26). The second-order valence-electron chi connectivity index (χ2n) is 5.32. The molecule has 28 heavy (non-hydrogen) atoms. The Hall–Kier alpha value is -3.84. The summed E-state index contributed by atoms with van der Waals surface area (Å²) in [5.41, 5.74) is 8.41. The first kappa shape index (κ1) is 20.5. The van der Waals surface area contributed by atoms with Crippen LogP contribution in [0.25, 0.3) is 11.6 Å². The first-order chi connectivity index (χ1) is 13.5. The second-order valence-corrected chi connectivity index (χ2v) is 5.32. The Labute approximate surface area is 158 Å². The molecule has 0 saturated heterocycles. The summed E-state index contributed by atoms with van der Waals surface area (Å²) in [6, 6.07) is 10.8. The molecule has 9 heteroatoms. The molecule has 0 unspecified atom stereocenters. The smallest absolute Gasteiger partial charge is 0.413 e. The highest BCUT2D eigenvalue weighted by Gasteiger charge is 2.11. The summed E-state index contributed by atoms with van der Waals surface area (Å²) in [6.07, 6.45) is 1.95. The van der Waals surface area contributed by atoms with Crippen LogP contribution >= 0.6 is 0 Å². The van der Waals surface area contributed by atoms with Crippen LogP contribution in [0.3, 0.4) is 0 Å². The molecule has 2 aromatic rings. The van der Waals surface area contributed by atoms with Crippen molar-refractivity contribution in [3.8, 4) is 0 Å². The van der Waals surface area contributed by atoms with Crippen molar-refractivity contribution in [2.75, 3.05) is 11.9 Å². The van der Waals surface area contributed by atoms with Crippen molar-refractivity contribution in [1.29, 1.82) is 0 Å². The van der Waals surface area contributed by atoms with Crippen LogP contribution in [-0.4, -0.2) is 29.7 Å². The number of hydrogen-bond acceptors (Lipinski definition) is 4. The molecule has 7 nitrogen and oxygen atoms in total. The number of hydrogen-bond donors (Lipinski definition) is 1. The molecule has 0 aromatic heterocycles. The van der Waals surface area contributed by atoms with Crippen molar-refractivity contribution in [3.63, 3.8) is 0 Å². The highest BCUT2D eigenvalue weighted by molar-refractivity contribution is 6.20. The minimum atomic E-state index is -0.933. The molecule has 0 aliphatic heterocycles. The third-order valence-electron chi connectivity index (χ3n) is 3.31. The zero-order valence-corrected chi connectivity index (χ0v) is 14.5. The predicted molar refractivity (Wildman–Crippen MR) is 96.3 cm³/mol. The van der Waals surface area contributed by atoms with Gasteiger partial charge in [-0.1, -0.05) is 30.3 Å². The Bertz CT molecular complexity index is 903. The number of benzene rings is 2. The van der Waals surface area contributed by atoms with Gasteiger partial charge in [-0.2, -0.15) is 4.79 Å². The van der Waals surface area contributed by atoms with Gasteiger partial charge in [0.1, 0.15) is 24.8 Å². The van der Waals surface area contributed by atoms with Crippen LogP contribution in [0.5, 0.6) is 0 Å². The average molecular weight is 387 g/mol. The fraction of sp³-hybridized carbons (Fsp3) is 0.105. The van der Waals surface area contributed by atoms with Crippen LogP contribution in [0.1, 0.15) is 11.1 Å². The molecule has 0 aliphatic carbocycles. The van der Waals surface area contributed by atoms with Gasteiger partial charge in [-0.3, -0.25) is 5.32 Å². The largest absolute Gasteiger partial charge is 0.453 e. The van der Waals surface area contributed by atoms with Gasteiger partial charge < -0.3 is 15.0 Å². The molecule has 1 amide bonds. The molecule has 2 rings (SSSR count). The Morgan fingerprint density at radius 2 is 1.79 bits per heavy atom. The summed E-state index contributed by atoms with van der Waals surface area (Å²) >= 11 is 0. The van der Waals surface area contributed by atoms with Crippen molar-refractivity contribution in [3.05, 3.63) is 76.8 Å². The van der Waals surface area contributed by atoms with Gasteiger partial charge in [0.25, 0.3) is 0 Å². The van der Waals surface area contributed by atoms with Crippen molar-refractivity contribution in [1.82, 2.24) is 0 Å². The fourth-order valence-electron chi connectivity index (χ4n) is 2.07. The molecule has 144 valence electrons. The maximum Gasteiger partial charge on any atom is 0.413 e. The van der Waals surface area contributed by atoms with Gasteiger partial charge in [-0.05, 0) is 29.8 Å². The Balaban J connectivity index is 1.93. The predicted octanol–water partition coefficient (Wildman–Crippen LogP) is 3.57. The monoisotopic (exact) mass is 387 g/mol. The summed E-state index contributed by atoms with van der Waals surface area (Å²) in [4.78, 5) is 25.1. The van der Waals surface area contributed by atoms with Crippen LogP contribution in [0.4, 0.5) is 19.3 Å². The normalized spacial score (nSPS) is 10.2. The zero-order chi connectivity index (χ0) is 20.4. The lowest BCUT2D eigenvalue weighted by Crippen LogP contribution is -2.14. The van der Waals surface area contributed by atoms with Gasteiger partial charge in [-0.25, -0.2) is 18.4 Å². The number of carbonyl (C=O) groups excluding carboxylic acids is 2. The van der Waals surface area contributed by atoms with Crippen LogP contribution in [-0.2, 0) is 20.9 Å². The average Bonchev–Trinajstić information content (AvgIpc) is 2.66. The third kappa shape index (κ3) is 6.47. The number of rotatable bonds is 7. The fourth-order valence-corrected chi connectivity index (χ4v) is 2.07. The number of halogens is 2. The number of esters is 1. The number of nitrogens with one attached hydrogen (secondary N) is 1. The zero-order valence-electron chi connectivity index (χ0n) is 14.5. The highest BCUT2D eigenvalue weighted by Crippen LogP contribution is 2.20. The first-order valence-corrected chi connectivity index (χ1v) is 7.97. The van der Waals surface area contributed by atoms with Gasteiger partial charge >= 0.3 is 18.3 Å². The van der Waals surface area contributed by atoms with E-state index in [4.69, 9.17) is 10.3 Å². The summed E-state index contributed by atoms with van der Waals surface area (Å²) < 4.78 is 37.7. The molecule has 0 radical (unpaired) electrons. The maximum absolute atomic E-state index is 14.1. The van der Waals surface area contributed by atoms with E-state index in [1.54, 1.807) is 24.3 Å². The molecule has 0 heterocycles. The molecular weight excluding hydrogens is 372 g/mol. The minimum absolute atomic E-state index is 0.0121. The number of anilines is 1. The van der Waals surface area contributed by atoms with Gasteiger partial charge in [0.05, 0.1) is 0 Å². The van der Waals surface area contributed by atoms with E-state index >= 15 is 0 Å². The minimum Gasteiger partial charge on any atom is -0.453 e. The van der Waals surface area contributed by atoms with E-state index in [0.29, 0.717) is 6.21 Å². The number of ether oxygens (including phenoxy) is 2. The van der Waals surface area contributed by atoms with Gasteiger partial charge in [0.2, 0.25) is 0 Å². The Kier molecular flexibility index (Phi) is 7.56. The Morgan fingerprint density at radius 1 is 1.11 bits per heavy atom. The summed E-state index contributed by atoms with van der Waals surface area (Å²) in [5, 5.41) is 2.24. The molecular formula is C19H15F2N3O4. The molecule has 0 aliphatic rings. The molecule has 0 bridgehead atoms. The number of nitrogens with zero attached hydrogens (tertiary/aromatic N) is 2. The van der Waals surface area contributed by atoms with E-state index in [-0.39, 0.29) is 24.5 Å². The SMILES string of the molecule is [N-]=[N+]=CC(=O)OCC=Cc1c(F)cc(NC(=O)OCc2ccccc2)cc1F. The summed E-state index contributed by atoms with van der Waals surface area (Å²) in [7, 11) is 0. The second kappa shape index (κ2) is 10.3. The summed E-state index contributed by atoms with van der Waals surface area (Å²) in [6.45, 7) is -0.270. The van der Waals surface area contributed by atoms with Crippen molar-refractivity contribution in [2.24, 2.45) is 0 Å². The van der Waals surface area contributed by atoms with Crippen molar-refractivity contribution >= 4 is 30.0 Å². The Morgan fingerprint density at radius 3 is 2.43 bits per heavy atom. The van der Waals surface area contributed by atoms with Crippen molar-refractivity contribution < 1.29 is 32.6 Å². The van der Waals surface area contributed by atoms with Crippen LogP contribution < -0.4 is 5.32 Å². The lowest BCUT2D eigenvalue weighted by Gasteiger charge is -2.09. The third-order valence-corrected chi connectivity index (χ3v) is 3.31. The molecule has 0 spiro atoms. The van der Waals surface area contributed by atoms with Crippen LogP contribution in [0.15, 0.2) is 48.5 Å². The van der Waals surface area contributed by atoms with Crippen LogP contribution in [0, 0.1) is 11.6 Å². The topological polar surface area (TPSA) is 101 Å². The maximum atomic E-state index is 14.1. The van der Waals surface area contributed by atoms with E-state index in [1.807, 2.05) is 6.07 Å². The molecule has 0 atom stereocenters. The molecule has 2 aromatic carbocycles. The number of amides is 1. The summed E-state index contributed by atoms with van der Waals surface area (Å²) in [5.74, 6) is -2.78. The first-order valence-electron chi connectivity index (χ1n) is 7.97. The van der Waals surface area contributed by atoms with Crippen LogP contribution in [0.2, 0.25) is 0 Å². The quantitative estimate of drug-likeness (QED) is 0.340. The highest BCUT2D eigenvalue weighted by atomic mass is 19.1.